The average molecular weight is 172 g/mol. The minimum atomic E-state index is -0.524. The number of rotatable bonds is 5. The predicted molar refractivity (Wildman–Crippen MR) is 47.8 cm³/mol. The Kier molecular flexibility index (Phi) is 5.32. The highest BCUT2D eigenvalue weighted by Gasteiger charge is 2.05. The number of likely N-dealkylation sites (N-methyl/N-ethyl adjacent to an activating group) is 1. The maximum Gasteiger partial charge on any atom is 0.243 e. The molecule has 0 bridgehead atoms. The number of nitrogens with one attached hydrogen (secondary N) is 1. The van der Waals surface area contributed by atoms with Crippen LogP contribution >= 0.6 is 0 Å². The predicted octanol–water partition coefficient (Wildman–Crippen LogP) is -0.789. The molecule has 0 saturated carbocycles. The van der Waals surface area contributed by atoms with Gasteiger partial charge in [0.2, 0.25) is 5.91 Å². The summed E-state index contributed by atoms with van der Waals surface area (Å²) in [6.45, 7) is 4.10. The lowest BCUT2D eigenvalue weighted by Crippen LogP contribution is -2.37. The molecule has 0 aromatic rings. The van der Waals surface area contributed by atoms with Crippen molar-refractivity contribution in [1.29, 1.82) is 0 Å². The Bertz CT molecular complexity index is 157. The van der Waals surface area contributed by atoms with Crippen LogP contribution in [0.3, 0.4) is 0 Å². The highest BCUT2D eigenvalue weighted by Crippen LogP contribution is 1.83. The summed E-state index contributed by atoms with van der Waals surface area (Å²) < 4.78 is 0. The lowest BCUT2D eigenvalue weighted by Gasteiger charge is -2.15. The van der Waals surface area contributed by atoms with E-state index in [0.29, 0.717) is 6.54 Å². The molecule has 1 atom stereocenters. The summed E-state index contributed by atoms with van der Waals surface area (Å²) >= 11 is 0. The number of carbonyl (C=O) groups excluding carboxylic acids is 1. The van der Waals surface area contributed by atoms with E-state index in [4.69, 9.17) is 0 Å². The molecular weight excluding hydrogens is 156 g/mol. The first-order valence-electron chi connectivity index (χ1n) is 3.79. The zero-order valence-corrected chi connectivity index (χ0v) is 7.58. The highest BCUT2D eigenvalue weighted by molar-refractivity contribution is 5.86. The lowest BCUT2D eigenvalue weighted by atomic mass is 10.3. The molecule has 0 radical (unpaired) electrons. The number of aliphatic hydroxyl groups is 1. The molecule has 0 fully saturated rings. The molecule has 2 N–H and O–H groups in total. The van der Waals surface area contributed by atoms with Gasteiger partial charge in [0.05, 0.1) is 6.10 Å². The fourth-order valence-electron chi connectivity index (χ4n) is 0.777. The van der Waals surface area contributed by atoms with Gasteiger partial charge in [-0.2, -0.15) is 0 Å². The van der Waals surface area contributed by atoms with E-state index in [1.54, 1.807) is 0 Å². The van der Waals surface area contributed by atoms with Gasteiger partial charge in [-0.25, -0.2) is 0 Å². The summed E-state index contributed by atoms with van der Waals surface area (Å²) in [5, 5.41) is 11.8. The van der Waals surface area contributed by atoms with Crippen molar-refractivity contribution in [2.24, 2.45) is 0 Å². The van der Waals surface area contributed by atoms with Gasteiger partial charge in [0, 0.05) is 13.1 Å². The molecular formula is C8H16N2O2. The fraction of sp³-hybridized carbons (Fsp3) is 0.625. The molecule has 0 aromatic carbocycles. The number of hydrogen-bond acceptors (Lipinski definition) is 3. The van der Waals surface area contributed by atoms with Crippen molar-refractivity contribution in [3.63, 3.8) is 0 Å². The van der Waals surface area contributed by atoms with Crippen molar-refractivity contribution >= 4 is 5.91 Å². The number of amides is 1. The van der Waals surface area contributed by atoms with Crippen molar-refractivity contribution in [3.8, 4) is 0 Å². The van der Waals surface area contributed by atoms with E-state index in [1.165, 1.54) is 6.08 Å². The minimum Gasteiger partial charge on any atom is -0.390 e. The van der Waals surface area contributed by atoms with Gasteiger partial charge in [0.25, 0.3) is 0 Å². The Morgan fingerprint density at radius 1 is 1.75 bits per heavy atom. The first-order valence-corrected chi connectivity index (χ1v) is 3.79. The van der Waals surface area contributed by atoms with Crippen LogP contribution in [0.2, 0.25) is 0 Å². The van der Waals surface area contributed by atoms with Gasteiger partial charge in [-0.3, -0.25) is 4.79 Å². The van der Waals surface area contributed by atoms with Gasteiger partial charge in [-0.05, 0) is 20.2 Å². The molecule has 0 heterocycles. The fourth-order valence-corrected chi connectivity index (χ4v) is 0.777. The van der Waals surface area contributed by atoms with Crippen LogP contribution in [0.15, 0.2) is 12.7 Å². The van der Waals surface area contributed by atoms with Crippen molar-refractivity contribution < 1.29 is 9.90 Å². The van der Waals surface area contributed by atoms with Gasteiger partial charge in [-0.1, -0.05) is 6.58 Å². The van der Waals surface area contributed by atoms with Crippen LogP contribution in [0.4, 0.5) is 0 Å². The maximum atomic E-state index is 10.6. The molecule has 0 aromatic heterocycles. The molecule has 0 spiro atoms. The third kappa shape index (κ3) is 5.88. The summed E-state index contributed by atoms with van der Waals surface area (Å²) in [7, 11) is 3.72. The Morgan fingerprint density at radius 2 is 2.33 bits per heavy atom. The standard InChI is InChI=1S/C8H16N2O2/c1-4-8(12)9-5-7(11)6-10(2)3/h4,7,11H,1,5-6H2,2-3H3,(H,9,12). The molecule has 4 nitrogen and oxygen atoms in total. The number of hydrogen-bond donors (Lipinski definition) is 2. The second-order valence-corrected chi connectivity index (χ2v) is 2.87. The van der Waals surface area contributed by atoms with Gasteiger partial charge < -0.3 is 15.3 Å². The van der Waals surface area contributed by atoms with Crippen molar-refractivity contribution in [1.82, 2.24) is 10.2 Å². The van der Waals surface area contributed by atoms with Crippen molar-refractivity contribution in [2.45, 2.75) is 6.10 Å². The Hall–Kier alpha value is -0.870. The lowest BCUT2D eigenvalue weighted by molar-refractivity contribution is -0.116. The van der Waals surface area contributed by atoms with Crippen LogP contribution in [0.5, 0.6) is 0 Å². The number of aliphatic hydroxyl groups excluding tert-OH is 1. The smallest absolute Gasteiger partial charge is 0.243 e. The van der Waals surface area contributed by atoms with Crippen LogP contribution in [0.1, 0.15) is 0 Å². The Labute approximate surface area is 72.9 Å². The summed E-state index contributed by atoms with van der Waals surface area (Å²) in [5.74, 6) is -0.257. The molecule has 70 valence electrons. The van der Waals surface area contributed by atoms with Crippen LogP contribution in [0, 0.1) is 0 Å². The summed E-state index contributed by atoms with van der Waals surface area (Å²) in [6, 6.07) is 0. The van der Waals surface area contributed by atoms with E-state index in [2.05, 4.69) is 11.9 Å². The summed E-state index contributed by atoms with van der Waals surface area (Å²) in [6.07, 6.45) is 0.659. The van der Waals surface area contributed by atoms with Crippen LogP contribution < -0.4 is 5.32 Å². The van der Waals surface area contributed by atoms with Gasteiger partial charge in [0.1, 0.15) is 0 Å². The average Bonchev–Trinajstić information content (AvgIpc) is 1.99. The zero-order valence-electron chi connectivity index (χ0n) is 7.58. The molecule has 0 aliphatic carbocycles. The van der Waals surface area contributed by atoms with E-state index in [9.17, 15) is 9.90 Å². The topological polar surface area (TPSA) is 52.6 Å². The quantitative estimate of drug-likeness (QED) is 0.534. The largest absolute Gasteiger partial charge is 0.390 e. The molecule has 0 saturated heterocycles. The first-order chi connectivity index (χ1) is 5.56. The molecule has 1 unspecified atom stereocenters. The van der Waals surface area contributed by atoms with E-state index in [1.807, 2.05) is 19.0 Å². The van der Waals surface area contributed by atoms with E-state index >= 15 is 0 Å². The Balaban J connectivity index is 3.49. The number of carbonyl (C=O) groups is 1. The monoisotopic (exact) mass is 172 g/mol. The Morgan fingerprint density at radius 3 is 2.75 bits per heavy atom. The van der Waals surface area contributed by atoms with Gasteiger partial charge in [0.15, 0.2) is 0 Å². The normalized spacial score (nSPS) is 12.7. The molecule has 0 aliphatic rings. The highest BCUT2D eigenvalue weighted by atomic mass is 16.3. The third-order valence-corrected chi connectivity index (χ3v) is 1.27. The van der Waals surface area contributed by atoms with Gasteiger partial charge in [-0.15, -0.1) is 0 Å². The van der Waals surface area contributed by atoms with E-state index < -0.39 is 6.10 Å². The van der Waals surface area contributed by atoms with Crippen molar-refractivity contribution in [3.05, 3.63) is 12.7 Å². The molecule has 1 amide bonds. The van der Waals surface area contributed by atoms with Crippen LogP contribution in [-0.2, 0) is 4.79 Å². The van der Waals surface area contributed by atoms with Crippen molar-refractivity contribution in [2.75, 3.05) is 27.2 Å². The first kappa shape index (κ1) is 11.1. The summed E-state index contributed by atoms with van der Waals surface area (Å²) in [4.78, 5) is 12.5. The van der Waals surface area contributed by atoms with Gasteiger partial charge >= 0.3 is 0 Å². The molecule has 0 aliphatic heterocycles. The SMILES string of the molecule is C=CC(=O)NCC(O)CN(C)C. The summed E-state index contributed by atoms with van der Waals surface area (Å²) in [5.41, 5.74) is 0. The second-order valence-electron chi connectivity index (χ2n) is 2.87. The van der Waals surface area contributed by atoms with E-state index in [-0.39, 0.29) is 12.5 Å². The van der Waals surface area contributed by atoms with Crippen LogP contribution in [-0.4, -0.2) is 49.2 Å². The third-order valence-electron chi connectivity index (χ3n) is 1.27. The number of nitrogens with zero attached hydrogens (tertiary/aromatic N) is 1. The maximum absolute atomic E-state index is 10.6. The minimum absolute atomic E-state index is 0.257. The van der Waals surface area contributed by atoms with E-state index in [0.717, 1.165) is 0 Å². The molecule has 4 heteroatoms. The van der Waals surface area contributed by atoms with Crippen LogP contribution in [0.25, 0.3) is 0 Å². The second kappa shape index (κ2) is 5.74. The molecule has 0 rings (SSSR count). The zero-order chi connectivity index (χ0) is 9.56. The molecule has 12 heavy (non-hydrogen) atoms.